The number of rotatable bonds is 1. The van der Waals surface area contributed by atoms with E-state index >= 15 is 0 Å². The second-order valence-electron chi connectivity index (χ2n) is 4.39. The topological polar surface area (TPSA) is 38.7 Å². The monoisotopic (exact) mass is 242 g/mol. The Morgan fingerprint density at radius 3 is 2.31 bits per heavy atom. The second-order valence-corrected chi connectivity index (χ2v) is 4.80. The van der Waals surface area contributed by atoms with Crippen LogP contribution in [0.5, 0.6) is 11.5 Å². The number of hydrogen-bond donors (Lipinski definition) is 1. The Labute approximate surface area is 99.9 Å². The van der Waals surface area contributed by atoms with Crippen molar-refractivity contribution in [1.82, 2.24) is 0 Å². The average molecular weight is 243 g/mol. The van der Waals surface area contributed by atoms with Crippen molar-refractivity contribution in [3.63, 3.8) is 0 Å². The minimum atomic E-state index is -0.984. The van der Waals surface area contributed by atoms with E-state index in [-0.39, 0.29) is 0 Å². The van der Waals surface area contributed by atoms with Crippen molar-refractivity contribution in [2.45, 2.75) is 25.9 Å². The third-order valence-electron chi connectivity index (χ3n) is 2.50. The SMILES string of the molecule is CC(C)(O)c1cc2c(cc1Cl)OCCCO2. The number of hydrogen-bond acceptors (Lipinski definition) is 3. The van der Waals surface area contributed by atoms with Gasteiger partial charge in [-0.3, -0.25) is 0 Å². The summed E-state index contributed by atoms with van der Waals surface area (Å²) in [7, 11) is 0. The molecule has 0 fully saturated rings. The highest BCUT2D eigenvalue weighted by Gasteiger charge is 2.23. The van der Waals surface area contributed by atoms with Crippen molar-refractivity contribution in [2.24, 2.45) is 0 Å². The Bertz CT molecular complexity index is 396. The molecule has 88 valence electrons. The zero-order valence-electron chi connectivity index (χ0n) is 9.42. The van der Waals surface area contributed by atoms with E-state index in [1.54, 1.807) is 26.0 Å². The second kappa shape index (κ2) is 4.15. The fraction of sp³-hybridized carbons (Fsp3) is 0.500. The highest BCUT2D eigenvalue weighted by molar-refractivity contribution is 6.31. The van der Waals surface area contributed by atoms with E-state index in [4.69, 9.17) is 21.1 Å². The lowest BCUT2D eigenvalue weighted by molar-refractivity contribution is 0.0783. The van der Waals surface area contributed by atoms with Crippen LogP contribution in [-0.4, -0.2) is 18.3 Å². The van der Waals surface area contributed by atoms with Crippen LogP contribution in [0.4, 0.5) is 0 Å². The van der Waals surface area contributed by atoms with Crippen molar-refractivity contribution in [3.05, 3.63) is 22.7 Å². The van der Waals surface area contributed by atoms with Gasteiger partial charge in [-0.05, 0) is 19.9 Å². The number of halogens is 1. The first-order chi connectivity index (χ1) is 7.48. The molecule has 1 aromatic carbocycles. The summed E-state index contributed by atoms with van der Waals surface area (Å²) in [5.74, 6) is 1.30. The van der Waals surface area contributed by atoms with Gasteiger partial charge in [-0.2, -0.15) is 0 Å². The van der Waals surface area contributed by atoms with Crippen molar-refractivity contribution in [3.8, 4) is 11.5 Å². The summed E-state index contributed by atoms with van der Waals surface area (Å²) in [6, 6.07) is 3.46. The molecular weight excluding hydrogens is 228 g/mol. The summed E-state index contributed by atoms with van der Waals surface area (Å²) < 4.78 is 11.1. The Morgan fingerprint density at radius 1 is 1.19 bits per heavy atom. The smallest absolute Gasteiger partial charge is 0.162 e. The van der Waals surface area contributed by atoms with Crippen LogP contribution < -0.4 is 9.47 Å². The van der Waals surface area contributed by atoms with Crippen LogP contribution in [0.25, 0.3) is 0 Å². The van der Waals surface area contributed by atoms with Gasteiger partial charge in [0.15, 0.2) is 11.5 Å². The zero-order chi connectivity index (χ0) is 11.8. The van der Waals surface area contributed by atoms with Crippen molar-refractivity contribution < 1.29 is 14.6 Å². The van der Waals surface area contributed by atoms with Crippen LogP contribution in [0.1, 0.15) is 25.8 Å². The predicted octanol–water partition coefficient (Wildman–Crippen LogP) is 2.73. The van der Waals surface area contributed by atoms with E-state index in [9.17, 15) is 5.11 Å². The van der Waals surface area contributed by atoms with E-state index in [0.717, 1.165) is 6.42 Å². The largest absolute Gasteiger partial charge is 0.490 e. The van der Waals surface area contributed by atoms with Crippen LogP contribution in [0.2, 0.25) is 5.02 Å². The summed E-state index contributed by atoms with van der Waals surface area (Å²) >= 11 is 6.10. The maximum Gasteiger partial charge on any atom is 0.162 e. The van der Waals surface area contributed by atoms with Gasteiger partial charge in [0, 0.05) is 18.1 Å². The highest BCUT2D eigenvalue weighted by atomic mass is 35.5. The molecule has 3 nitrogen and oxygen atoms in total. The molecule has 0 atom stereocenters. The summed E-state index contributed by atoms with van der Waals surface area (Å²) in [6.45, 7) is 4.64. The average Bonchev–Trinajstić information content (AvgIpc) is 2.39. The molecule has 0 aliphatic carbocycles. The van der Waals surface area contributed by atoms with Gasteiger partial charge in [0.25, 0.3) is 0 Å². The standard InChI is InChI=1S/C12H15ClO3/c1-12(2,14)8-6-10-11(7-9(8)13)16-5-3-4-15-10/h6-7,14H,3-5H2,1-2H3. The molecule has 2 rings (SSSR count). The fourth-order valence-electron chi connectivity index (χ4n) is 1.65. The lowest BCUT2D eigenvalue weighted by Gasteiger charge is -2.21. The van der Waals surface area contributed by atoms with Gasteiger partial charge in [0.05, 0.1) is 23.8 Å². The van der Waals surface area contributed by atoms with Gasteiger partial charge in [-0.1, -0.05) is 11.6 Å². The summed E-state index contributed by atoms with van der Waals surface area (Å²) in [5.41, 5.74) is -0.333. The van der Waals surface area contributed by atoms with Gasteiger partial charge in [0.2, 0.25) is 0 Å². The van der Waals surface area contributed by atoms with Crippen molar-refractivity contribution >= 4 is 11.6 Å². The highest BCUT2D eigenvalue weighted by Crippen LogP contribution is 2.38. The molecule has 1 aliphatic heterocycles. The van der Waals surface area contributed by atoms with Crippen molar-refractivity contribution in [1.29, 1.82) is 0 Å². The fourth-order valence-corrected chi connectivity index (χ4v) is 2.04. The minimum absolute atomic E-state index is 0.497. The zero-order valence-corrected chi connectivity index (χ0v) is 10.2. The first-order valence-electron chi connectivity index (χ1n) is 5.30. The number of ether oxygens (including phenoxy) is 2. The molecular formula is C12H15ClO3. The van der Waals surface area contributed by atoms with Crippen LogP contribution in [0.3, 0.4) is 0 Å². The summed E-state index contributed by atoms with van der Waals surface area (Å²) in [4.78, 5) is 0. The lowest BCUT2D eigenvalue weighted by atomic mass is 9.98. The Morgan fingerprint density at radius 2 is 1.75 bits per heavy atom. The molecule has 1 aromatic rings. The van der Waals surface area contributed by atoms with E-state index in [0.29, 0.717) is 35.3 Å². The molecule has 1 heterocycles. The molecule has 0 saturated carbocycles. The number of fused-ring (bicyclic) bond motifs is 1. The first-order valence-corrected chi connectivity index (χ1v) is 5.68. The molecule has 16 heavy (non-hydrogen) atoms. The Hall–Kier alpha value is -0.930. The summed E-state index contributed by atoms with van der Waals surface area (Å²) in [5, 5.41) is 10.5. The molecule has 0 amide bonds. The van der Waals surface area contributed by atoms with Crippen LogP contribution in [-0.2, 0) is 5.60 Å². The third kappa shape index (κ3) is 2.25. The van der Waals surface area contributed by atoms with Gasteiger partial charge < -0.3 is 14.6 Å². The van der Waals surface area contributed by atoms with Gasteiger partial charge in [-0.25, -0.2) is 0 Å². The molecule has 0 radical (unpaired) electrons. The molecule has 1 aliphatic rings. The molecule has 0 saturated heterocycles. The maximum atomic E-state index is 9.96. The molecule has 0 spiro atoms. The normalized spacial score (nSPS) is 15.8. The third-order valence-corrected chi connectivity index (χ3v) is 2.81. The lowest BCUT2D eigenvalue weighted by Crippen LogP contribution is -2.16. The number of benzene rings is 1. The van der Waals surface area contributed by atoms with Gasteiger partial charge in [-0.15, -0.1) is 0 Å². The van der Waals surface area contributed by atoms with E-state index in [1.165, 1.54) is 0 Å². The maximum absolute atomic E-state index is 9.96. The van der Waals surface area contributed by atoms with Crippen LogP contribution in [0, 0.1) is 0 Å². The predicted molar refractivity (Wildman–Crippen MR) is 62.3 cm³/mol. The molecule has 0 unspecified atom stereocenters. The first kappa shape index (κ1) is 11.6. The van der Waals surface area contributed by atoms with E-state index in [2.05, 4.69) is 0 Å². The molecule has 0 bridgehead atoms. The van der Waals surface area contributed by atoms with Crippen LogP contribution >= 0.6 is 11.6 Å². The Balaban J connectivity index is 2.47. The van der Waals surface area contributed by atoms with Gasteiger partial charge >= 0.3 is 0 Å². The van der Waals surface area contributed by atoms with Crippen LogP contribution in [0.15, 0.2) is 12.1 Å². The van der Waals surface area contributed by atoms with E-state index in [1.807, 2.05) is 0 Å². The van der Waals surface area contributed by atoms with Gasteiger partial charge in [0.1, 0.15) is 0 Å². The quantitative estimate of drug-likeness (QED) is 0.823. The molecule has 0 aromatic heterocycles. The molecule has 1 N–H and O–H groups in total. The summed E-state index contributed by atoms with van der Waals surface area (Å²) in [6.07, 6.45) is 0.851. The number of aliphatic hydroxyl groups is 1. The minimum Gasteiger partial charge on any atom is -0.490 e. The van der Waals surface area contributed by atoms with E-state index < -0.39 is 5.60 Å². The van der Waals surface area contributed by atoms with Crippen molar-refractivity contribution in [2.75, 3.05) is 13.2 Å². The Kier molecular flexibility index (Phi) is 3.00. The molecule has 4 heteroatoms.